The Morgan fingerprint density at radius 1 is 1.56 bits per heavy atom. The van der Waals surface area contributed by atoms with Crippen molar-refractivity contribution in [2.24, 2.45) is 11.7 Å². The van der Waals surface area contributed by atoms with Crippen molar-refractivity contribution in [3.8, 4) is 5.75 Å². The van der Waals surface area contributed by atoms with Crippen LogP contribution in [0.4, 0.5) is 0 Å². The van der Waals surface area contributed by atoms with Gasteiger partial charge in [0.15, 0.2) is 0 Å². The van der Waals surface area contributed by atoms with Crippen molar-refractivity contribution in [1.82, 2.24) is 5.32 Å². The molecule has 1 saturated carbocycles. The van der Waals surface area contributed by atoms with Crippen LogP contribution in [0.1, 0.15) is 23.2 Å². The predicted octanol–water partition coefficient (Wildman–Crippen LogP) is 1.84. The fourth-order valence-corrected chi connectivity index (χ4v) is 2.21. The number of aromatic hydroxyl groups is 1. The number of nitrogens with two attached hydrogens (primary N) is 1. The van der Waals surface area contributed by atoms with E-state index in [4.69, 9.17) is 29.6 Å². The molecule has 1 fully saturated rings. The fraction of sp³-hybridized carbons (Fsp3) is 0.333. The lowest BCUT2D eigenvalue weighted by Gasteiger charge is -2.17. The summed E-state index contributed by atoms with van der Waals surface area (Å²) in [5, 5.41) is 12.4. The number of nitrogens with one attached hydrogen (secondary N) is 1. The van der Waals surface area contributed by atoms with Gasteiger partial charge < -0.3 is 16.2 Å². The normalized spacial score (nSPS) is 16.1. The number of thiocarbonyl (C=S) groups is 1. The number of amides is 1. The van der Waals surface area contributed by atoms with Crippen molar-refractivity contribution >= 4 is 34.7 Å². The second-order valence-electron chi connectivity index (χ2n) is 4.36. The van der Waals surface area contributed by atoms with E-state index < -0.39 is 0 Å². The minimum absolute atomic E-state index is 0.0113. The Morgan fingerprint density at radius 2 is 2.22 bits per heavy atom. The highest BCUT2D eigenvalue weighted by molar-refractivity contribution is 7.80. The maximum absolute atomic E-state index is 12.0. The van der Waals surface area contributed by atoms with Gasteiger partial charge >= 0.3 is 0 Å². The number of benzene rings is 1. The molecule has 1 amide bonds. The molecule has 0 aromatic heterocycles. The van der Waals surface area contributed by atoms with Gasteiger partial charge in [0, 0.05) is 0 Å². The van der Waals surface area contributed by atoms with Gasteiger partial charge in [-0.2, -0.15) is 0 Å². The molecule has 1 aromatic rings. The van der Waals surface area contributed by atoms with E-state index >= 15 is 0 Å². The molecule has 96 valence electrons. The van der Waals surface area contributed by atoms with Crippen LogP contribution in [-0.2, 0) is 0 Å². The zero-order chi connectivity index (χ0) is 13.3. The summed E-state index contributed by atoms with van der Waals surface area (Å²) in [5.74, 6) is -0.0639. The van der Waals surface area contributed by atoms with Crippen molar-refractivity contribution in [3.63, 3.8) is 0 Å². The molecule has 0 aliphatic heterocycles. The van der Waals surface area contributed by atoms with Crippen LogP contribution >= 0.6 is 23.8 Å². The largest absolute Gasteiger partial charge is 0.508 e. The van der Waals surface area contributed by atoms with E-state index in [1.807, 2.05) is 0 Å². The Hall–Kier alpha value is -1.33. The van der Waals surface area contributed by atoms with Crippen LogP contribution < -0.4 is 11.1 Å². The number of hydrogen-bond acceptors (Lipinski definition) is 3. The van der Waals surface area contributed by atoms with Crippen molar-refractivity contribution in [1.29, 1.82) is 0 Å². The molecule has 0 spiro atoms. The highest BCUT2D eigenvalue weighted by atomic mass is 35.5. The van der Waals surface area contributed by atoms with Crippen LogP contribution in [0.2, 0.25) is 5.02 Å². The van der Waals surface area contributed by atoms with E-state index in [1.54, 1.807) is 0 Å². The van der Waals surface area contributed by atoms with Crippen LogP contribution in [0.15, 0.2) is 18.2 Å². The van der Waals surface area contributed by atoms with E-state index in [1.165, 1.54) is 18.2 Å². The number of halogens is 1. The van der Waals surface area contributed by atoms with Crippen LogP contribution in [0.3, 0.4) is 0 Å². The Kier molecular flexibility index (Phi) is 3.73. The first-order valence-electron chi connectivity index (χ1n) is 5.57. The van der Waals surface area contributed by atoms with E-state index in [0.29, 0.717) is 5.92 Å². The molecule has 4 N–H and O–H groups in total. The number of carbonyl (C=O) groups is 1. The lowest BCUT2D eigenvalue weighted by Crippen LogP contribution is -2.45. The molecule has 0 heterocycles. The lowest BCUT2D eigenvalue weighted by molar-refractivity contribution is 0.0943. The minimum Gasteiger partial charge on any atom is -0.508 e. The first-order chi connectivity index (χ1) is 8.49. The molecule has 18 heavy (non-hydrogen) atoms. The van der Waals surface area contributed by atoms with Gasteiger partial charge in [0.1, 0.15) is 5.75 Å². The lowest BCUT2D eigenvalue weighted by atomic mass is 10.1. The van der Waals surface area contributed by atoms with Gasteiger partial charge in [-0.05, 0) is 37.0 Å². The van der Waals surface area contributed by atoms with Gasteiger partial charge in [0.2, 0.25) is 0 Å². The summed E-state index contributed by atoms with van der Waals surface area (Å²) in [5.41, 5.74) is 5.83. The number of hydrogen-bond donors (Lipinski definition) is 3. The van der Waals surface area contributed by atoms with Gasteiger partial charge in [0.25, 0.3) is 5.91 Å². The molecule has 0 radical (unpaired) electrons. The number of rotatable bonds is 4. The van der Waals surface area contributed by atoms with Crippen molar-refractivity contribution in [2.45, 2.75) is 18.9 Å². The fourth-order valence-electron chi connectivity index (χ4n) is 1.76. The molecule has 0 bridgehead atoms. The third-order valence-electron chi connectivity index (χ3n) is 2.88. The van der Waals surface area contributed by atoms with Crippen LogP contribution in [0.5, 0.6) is 5.75 Å². The topological polar surface area (TPSA) is 75.3 Å². The summed E-state index contributed by atoms with van der Waals surface area (Å²) in [4.78, 5) is 12.3. The molecule has 1 atom stereocenters. The van der Waals surface area contributed by atoms with E-state index in [9.17, 15) is 9.90 Å². The van der Waals surface area contributed by atoms with Gasteiger partial charge in [-0.3, -0.25) is 4.79 Å². The number of carbonyl (C=O) groups excluding carboxylic acids is 1. The maximum Gasteiger partial charge on any atom is 0.253 e. The standard InChI is InChI=1S/C12H13ClN2O2S/c13-9-4-3-7(16)5-8(9)12(17)15-10(11(14)18)6-1-2-6/h3-6,10,16H,1-2H2,(H2,14,18)(H,15,17). The Morgan fingerprint density at radius 3 is 2.78 bits per heavy atom. The average Bonchev–Trinajstić information content (AvgIpc) is 3.12. The van der Waals surface area contributed by atoms with E-state index in [0.717, 1.165) is 12.8 Å². The third-order valence-corrected chi connectivity index (χ3v) is 3.46. The zero-order valence-corrected chi connectivity index (χ0v) is 11.1. The van der Waals surface area contributed by atoms with Crippen molar-refractivity contribution in [2.75, 3.05) is 0 Å². The Balaban J connectivity index is 2.15. The summed E-state index contributed by atoms with van der Waals surface area (Å²) >= 11 is 10.9. The summed E-state index contributed by atoms with van der Waals surface area (Å²) in [6.45, 7) is 0. The average molecular weight is 285 g/mol. The summed E-state index contributed by atoms with van der Waals surface area (Å²) in [6.07, 6.45) is 2.02. The van der Waals surface area contributed by atoms with E-state index in [2.05, 4.69) is 5.32 Å². The van der Waals surface area contributed by atoms with E-state index in [-0.39, 0.29) is 33.3 Å². The second kappa shape index (κ2) is 5.12. The Bertz CT molecular complexity index is 503. The molecule has 1 aliphatic carbocycles. The molecular weight excluding hydrogens is 272 g/mol. The molecule has 6 heteroatoms. The van der Waals surface area contributed by atoms with Gasteiger partial charge in [0.05, 0.1) is 21.6 Å². The SMILES string of the molecule is NC(=S)C(NC(=O)c1cc(O)ccc1Cl)C1CC1. The predicted molar refractivity (Wildman–Crippen MR) is 73.9 cm³/mol. The molecule has 0 saturated heterocycles. The van der Waals surface area contributed by atoms with Gasteiger partial charge in [-0.15, -0.1) is 0 Å². The second-order valence-corrected chi connectivity index (χ2v) is 5.23. The summed E-state index contributed by atoms with van der Waals surface area (Å²) in [7, 11) is 0. The van der Waals surface area contributed by atoms with Crippen LogP contribution in [0, 0.1) is 5.92 Å². The minimum atomic E-state index is -0.374. The summed E-state index contributed by atoms with van der Waals surface area (Å²) < 4.78 is 0. The van der Waals surface area contributed by atoms with Crippen molar-refractivity contribution in [3.05, 3.63) is 28.8 Å². The van der Waals surface area contributed by atoms with Gasteiger partial charge in [-0.1, -0.05) is 23.8 Å². The molecule has 1 aliphatic rings. The van der Waals surface area contributed by atoms with Crippen LogP contribution in [0.25, 0.3) is 0 Å². The quantitative estimate of drug-likeness (QED) is 0.738. The highest BCUT2D eigenvalue weighted by Gasteiger charge is 2.34. The zero-order valence-electron chi connectivity index (χ0n) is 9.52. The molecule has 2 rings (SSSR count). The maximum atomic E-state index is 12.0. The first kappa shape index (κ1) is 13.1. The first-order valence-corrected chi connectivity index (χ1v) is 6.36. The third kappa shape index (κ3) is 2.91. The highest BCUT2D eigenvalue weighted by Crippen LogP contribution is 2.33. The summed E-state index contributed by atoms with van der Waals surface area (Å²) in [6, 6.07) is 3.91. The molecular formula is C12H13ClN2O2S. The molecule has 4 nitrogen and oxygen atoms in total. The number of phenols is 1. The van der Waals surface area contributed by atoms with Crippen LogP contribution in [-0.4, -0.2) is 22.0 Å². The number of phenolic OH excluding ortho intramolecular Hbond substituents is 1. The molecule has 1 unspecified atom stereocenters. The van der Waals surface area contributed by atoms with Gasteiger partial charge in [-0.25, -0.2) is 0 Å². The smallest absolute Gasteiger partial charge is 0.253 e. The molecule has 1 aromatic carbocycles. The monoisotopic (exact) mass is 284 g/mol. The Labute approximate surface area is 115 Å². The van der Waals surface area contributed by atoms with Crippen molar-refractivity contribution < 1.29 is 9.90 Å².